The summed E-state index contributed by atoms with van der Waals surface area (Å²) in [4.78, 5) is 24.1. The first-order valence-electron chi connectivity index (χ1n) is 7.23. The number of nitriles is 1. The highest BCUT2D eigenvalue weighted by atomic mass is 16.5. The lowest BCUT2D eigenvalue weighted by molar-refractivity contribution is -0.148. The van der Waals surface area contributed by atoms with Crippen molar-refractivity contribution in [3.05, 3.63) is 59.6 Å². The maximum Gasteiger partial charge on any atom is 0.349 e. The molecule has 0 aliphatic rings. The van der Waals surface area contributed by atoms with Crippen molar-refractivity contribution in [1.29, 1.82) is 5.26 Å². The minimum absolute atomic E-state index is 0.250. The van der Waals surface area contributed by atoms with Gasteiger partial charge >= 0.3 is 5.97 Å². The standard InChI is InChI=1S/C18H16N2O4/c1-12-5-3-6-15(9-12)20-17(21)13(2)24-18(22)14(11-19)10-16-7-4-8-23-16/h3-10,13H,1-2H3,(H,20,21)/b14-10+/t13-/m1/s1. The fourth-order valence-electron chi connectivity index (χ4n) is 1.90. The quantitative estimate of drug-likeness (QED) is 0.518. The molecule has 1 aromatic heterocycles. The summed E-state index contributed by atoms with van der Waals surface area (Å²) in [6.45, 7) is 3.34. The van der Waals surface area contributed by atoms with Crippen LogP contribution in [0.25, 0.3) is 6.08 Å². The molecule has 0 bridgehead atoms. The maximum absolute atomic E-state index is 12.1. The van der Waals surface area contributed by atoms with Gasteiger partial charge in [-0.2, -0.15) is 5.26 Å². The van der Waals surface area contributed by atoms with Crippen LogP contribution in [0.5, 0.6) is 0 Å². The Hall–Kier alpha value is -3.33. The molecule has 6 nitrogen and oxygen atoms in total. The molecule has 1 heterocycles. The first-order valence-corrected chi connectivity index (χ1v) is 7.23. The summed E-state index contributed by atoms with van der Waals surface area (Å²) in [6, 6.07) is 12.2. The fourth-order valence-corrected chi connectivity index (χ4v) is 1.90. The van der Waals surface area contributed by atoms with Crippen LogP contribution >= 0.6 is 0 Å². The summed E-state index contributed by atoms with van der Waals surface area (Å²) in [6.07, 6.45) is 1.63. The summed E-state index contributed by atoms with van der Waals surface area (Å²) >= 11 is 0. The van der Waals surface area contributed by atoms with Gasteiger partial charge in [-0.1, -0.05) is 12.1 Å². The van der Waals surface area contributed by atoms with E-state index in [4.69, 9.17) is 14.4 Å². The molecule has 1 N–H and O–H groups in total. The van der Waals surface area contributed by atoms with Crippen LogP contribution in [-0.4, -0.2) is 18.0 Å². The van der Waals surface area contributed by atoms with Crippen LogP contribution in [0, 0.1) is 18.3 Å². The molecule has 0 unspecified atom stereocenters. The van der Waals surface area contributed by atoms with Crippen LogP contribution in [-0.2, 0) is 14.3 Å². The van der Waals surface area contributed by atoms with Gasteiger partial charge in [0.05, 0.1) is 6.26 Å². The summed E-state index contributed by atoms with van der Waals surface area (Å²) in [5.74, 6) is -1.02. The Kier molecular flexibility index (Phi) is 5.53. The number of carbonyl (C=O) groups is 2. The van der Waals surface area contributed by atoms with E-state index in [0.717, 1.165) is 5.56 Å². The molecule has 0 aliphatic heterocycles. The number of rotatable bonds is 5. The van der Waals surface area contributed by atoms with E-state index in [0.29, 0.717) is 11.4 Å². The Morgan fingerprint density at radius 3 is 2.75 bits per heavy atom. The number of anilines is 1. The number of aryl methyl sites for hydroxylation is 1. The van der Waals surface area contributed by atoms with Crippen LogP contribution in [0.1, 0.15) is 18.2 Å². The van der Waals surface area contributed by atoms with Crippen molar-refractivity contribution in [2.24, 2.45) is 0 Å². The minimum Gasteiger partial charge on any atom is -0.465 e. The zero-order chi connectivity index (χ0) is 17.5. The molecule has 2 rings (SSSR count). The molecule has 2 aromatic rings. The molecule has 1 amide bonds. The maximum atomic E-state index is 12.1. The zero-order valence-electron chi connectivity index (χ0n) is 13.3. The molecule has 1 atom stereocenters. The highest BCUT2D eigenvalue weighted by Gasteiger charge is 2.21. The van der Waals surface area contributed by atoms with Gasteiger partial charge in [0.2, 0.25) is 0 Å². The highest BCUT2D eigenvalue weighted by Crippen LogP contribution is 2.12. The molecule has 6 heteroatoms. The number of ether oxygens (including phenoxy) is 1. The first kappa shape index (κ1) is 17.0. The molecular weight excluding hydrogens is 308 g/mol. The van der Waals surface area contributed by atoms with Crippen molar-refractivity contribution >= 4 is 23.6 Å². The molecule has 1 aromatic carbocycles. The number of esters is 1. The van der Waals surface area contributed by atoms with Gasteiger partial charge in [-0.05, 0) is 43.7 Å². The van der Waals surface area contributed by atoms with Crippen molar-refractivity contribution in [2.45, 2.75) is 20.0 Å². The molecule has 24 heavy (non-hydrogen) atoms. The molecule has 0 saturated heterocycles. The summed E-state index contributed by atoms with van der Waals surface area (Å²) in [5, 5.41) is 11.7. The van der Waals surface area contributed by atoms with E-state index in [9.17, 15) is 9.59 Å². The third-order valence-corrected chi connectivity index (χ3v) is 3.11. The highest BCUT2D eigenvalue weighted by molar-refractivity contribution is 6.00. The van der Waals surface area contributed by atoms with Gasteiger partial charge in [-0.25, -0.2) is 4.79 Å². The second-order valence-electron chi connectivity index (χ2n) is 5.09. The first-order chi connectivity index (χ1) is 11.5. The van der Waals surface area contributed by atoms with Crippen LogP contribution in [0.4, 0.5) is 5.69 Å². The predicted molar refractivity (Wildman–Crippen MR) is 87.7 cm³/mol. The topological polar surface area (TPSA) is 92.3 Å². The fraction of sp³-hybridized carbons (Fsp3) is 0.167. The predicted octanol–water partition coefficient (Wildman–Crippen LogP) is 3.07. The van der Waals surface area contributed by atoms with Crippen molar-refractivity contribution in [2.75, 3.05) is 5.32 Å². The Morgan fingerprint density at radius 2 is 2.12 bits per heavy atom. The van der Waals surface area contributed by atoms with E-state index in [-0.39, 0.29) is 5.57 Å². The molecular formula is C18H16N2O4. The number of benzene rings is 1. The lowest BCUT2D eigenvalue weighted by Crippen LogP contribution is -2.30. The molecule has 0 aliphatic carbocycles. The minimum atomic E-state index is -1.05. The summed E-state index contributed by atoms with van der Waals surface area (Å²) in [7, 11) is 0. The van der Waals surface area contributed by atoms with Crippen LogP contribution < -0.4 is 5.32 Å². The number of nitrogens with zero attached hydrogens (tertiary/aromatic N) is 1. The molecule has 0 fully saturated rings. The van der Waals surface area contributed by atoms with E-state index >= 15 is 0 Å². The van der Waals surface area contributed by atoms with Crippen LogP contribution in [0.3, 0.4) is 0 Å². The van der Waals surface area contributed by atoms with E-state index in [2.05, 4.69) is 5.32 Å². The molecule has 0 saturated carbocycles. The number of hydrogen-bond donors (Lipinski definition) is 1. The average Bonchev–Trinajstić information content (AvgIpc) is 3.05. The zero-order valence-corrected chi connectivity index (χ0v) is 13.3. The molecule has 122 valence electrons. The van der Waals surface area contributed by atoms with Gasteiger partial charge < -0.3 is 14.5 Å². The lowest BCUT2D eigenvalue weighted by Gasteiger charge is -2.13. The second-order valence-corrected chi connectivity index (χ2v) is 5.09. The van der Waals surface area contributed by atoms with E-state index < -0.39 is 18.0 Å². The smallest absolute Gasteiger partial charge is 0.349 e. The van der Waals surface area contributed by atoms with Gasteiger partial charge in [-0.15, -0.1) is 0 Å². The Labute approximate surface area is 139 Å². The van der Waals surface area contributed by atoms with Crippen LogP contribution in [0.15, 0.2) is 52.7 Å². The van der Waals surface area contributed by atoms with Crippen molar-refractivity contribution in [3.63, 3.8) is 0 Å². The normalized spacial score (nSPS) is 12.1. The van der Waals surface area contributed by atoms with Crippen molar-refractivity contribution in [3.8, 4) is 6.07 Å². The van der Waals surface area contributed by atoms with Crippen molar-refractivity contribution < 1.29 is 18.7 Å². The van der Waals surface area contributed by atoms with Gasteiger partial charge in [0.15, 0.2) is 6.10 Å². The number of amides is 1. The Bertz CT molecular complexity index is 801. The summed E-state index contributed by atoms with van der Waals surface area (Å²) in [5.41, 5.74) is 1.35. The monoisotopic (exact) mass is 324 g/mol. The van der Waals surface area contributed by atoms with Gasteiger partial charge in [-0.3, -0.25) is 4.79 Å². The van der Waals surface area contributed by atoms with E-state index in [1.165, 1.54) is 19.3 Å². The lowest BCUT2D eigenvalue weighted by atomic mass is 10.2. The Morgan fingerprint density at radius 1 is 1.33 bits per heavy atom. The second kappa shape index (κ2) is 7.79. The van der Waals surface area contributed by atoms with Crippen molar-refractivity contribution in [1.82, 2.24) is 0 Å². The third kappa shape index (κ3) is 4.58. The van der Waals surface area contributed by atoms with E-state index in [1.807, 2.05) is 19.1 Å². The van der Waals surface area contributed by atoms with Gasteiger partial charge in [0.1, 0.15) is 17.4 Å². The average molecular weight is 324 g/mol. The number of furan rings is 1. The molecule has 0 radical (unpaired) electrons. The number of nitrogens with one attached hydrogen (secondary N) is 1. The largest absolute Gasteiger partial charge is 0.465 e. The molecule has 0 spiro atoms. The third-order valence-electron chi connectivity index (χ3n) is 3.11. The van der Waals surface area contributed by atoms with Gasteiger partial charge in [0.25, 0.3) is 5.91 Å². The van der Waals surface area contributed by atoms with Crippen LogP contribution in [0.2, 0.25) is 0 Å². The number of carbonyl (C=O) groups excluding carboxylic acids is 2. The SMILES string of the molecule is Cc1cccc(NC(=O)[C@@H](C)OC(=O)/C(C#N)=C/c2ccco2)c1. The van der Waals surface area contributed by atoms with E-state index in [1.54, 1.807) is 30.3 Å². The number of hydrogen-bond acceptors (Lipinski definition) is 5. The Balaban J connectivity index is 2.00. The summed E-state index contributed by atoms with van der Waals surface area (Å²) < 4.78 is 10.1. The van der Waals surface area contributed by atoms with Gasteiger partial charge in [0, 0.05) is 11.8 Å².